The number of carbonyl (C=O) groups excluding carboxylic acids is 1. The molecule has 5 nitrogen and oxygen atoms in total. The fourth-order valence-electron chi connectivity index (χ4n) is 2.94. The Bertz CT molecular complexity index is 433. The average molecular weight is 352 g/mol. The van der Waals surface area contributed by atoms with Crippen molar-refractivity contribution in [2.45, 2.75) is 59.3 Å². The SMILES string of the molecule is CC=CCC=CCCN(C(=N)CN)C(=O)C(CCO)CC(C)CCC. The highest BCUT2D eigenvalue weighted by Gasteiger charge is 2.27. The van der Waals surface area contributed by atoms with E-state index in [1.807, 2.05) is 19.1 Å². The molecule has 25 heavy (non-hydrogen) atoms. The molecular weight excluding hydrogens is 314 g/mol. The van der Waals surface area contributed by atoms with Crippen molar-refractivity contribution in [1.82, 2.24) is 4.90 Å². The van der Waals surface area contributed by atoms with Crippen LogP contribution in [0, 0.1) is 17.2 Å². The minimum Gasteiger partial charge on any atom is -0.396 e. The van der Waals surface area contributed by atoms with Crippen molar-refractivity contribution >= 4 is 11.7 Å². The van der Waals surface area contributed by atoms with Crippen molar-refractivity contribution in [3.63, 3.8) is 0 Å². The van der Waals surface area contributed by atoms with E-state index >= 15 is 0 Å². The molecule has 0 heterocycles. The molecule has 0 aliphatic rings. The van der Waals surface area contributed by atoms with Crippen LogP contribution < -0.4 is 5.73 Å². The molecule has 144 valence electrons. The number of hydrogen-bond donors (Lipinski definition) is 3. The first-order valence-electron chi connectivity index (χ1n) is 9.47. The largest absolute Gasteiger partial charge is 0.396 e. The van der Waals surface area contributed by atoms with E-state index in [4.69, 9.17) is 11.1 Å². The first-order chi connectivity index (χ1) is 12.0. The standard InChI is InChI=1S/C20H37N3O2/c1-4-6-7-8-9-10-13-23(19(22)16-21)20(25)18(12-14-24)15-17(3)11-5-2/h4,6,8-9,17-18,22,24H,5,7,10-16,21H2,1-3H3. The summed E-state index contributed by atoms with van der Waals surface area (Å²) in [5.41, 5.74) is 5.61. The van der Waals surface area contributed by atoms with Crippen LogP contribution in [0.2, 0.25) is 0 Å². The predicted molar refractivity (Wildman–Crippen MR) is 106 cm³/mol. The first-order valence-corrected chi connectivity index (χ1v) is 9.47. The Kier molecular flexibility index (Phi) is 14.0. The van der Waals surface area contributed by atoms with E-state index in [-0.39, 0.29) is 30.8 Å². The summed E-state index contributed by atoms with van der Waals surface area (Å²) in [7, 11) is 0. The van der Waals surface area contributed by atoms with Crippen LogP contribution in [-0.4, -0.2) is 41.4 Å². The Balaban J connectivity index is 4.90. The summed E-state index contributed by atoms with van der Waals surface area (Å²) < 4.78 is 0. The number of aliphatic hydroxyl groups is 1. The van der Waals surface area contributed by atoms with Gasteiger partial charge < -0.3 is 10.8 Å². The van der Waals surface area contributed by atoms with Crippen LogP contribution in [0.5, 0.6) is 0 Å². The summed E-state index contributed by atoms with van der Waals surface area (Å²) in [6, 6.07) is 0. The monoisotopic (exact) mass is 351 g/mol. The van der Waals surface area contributed by atoms with Gasteiger partial charge >= 0.3 is 0 Å². The zero-order chi connectivity index (χ0) is 19.1. The van der Waals surface area contributed by atoms with Gasteiger partial charge in [-0.25, -0.2) is 0 Å². The first kappa shape index (κ1) is 23.5. The van der Waals surface area contributed by atoms with Crippen molar-refractivity contribution in [2.75, 3.05) is 19.7 Å². The van der Waals surface area contributed by atoms with E-state index in [0.29, 0.717) is 25.3 Å². The topological polar surface area (TPSA) is 90.4 Å². The second kappa shape index (κ2) is 14.8. The number of nitrogens with one attached hydrogen (secondary N) is 1. The number of amides is 1. The molecule has 0 aliphatic carbocycles. The van der Waals surface area contributed by atoms with Crippen molar-refractivity contribution in [2.24, 2.45) is 17.6 Å². The van der Waals surface area contributed by atoms with Gasteiger partial charge in [-0.05, 0) is 38.5 Å². The summed E-state index contributed by atoms with van der Waals surface area (Å²) in [4.78, 5) is 14.4. The number of carbonyl (C=O) groups is 1. The van der Waals surface area contributed by atoms with E-state index in [1.165, 1.54) is 4.90 Å². The smallest absolute Gasteiger partial charge is 0.231 e. The van der Waals surface area contributed by atoms with Gasteiger partial charge in [0, 0.05) is 19.1 Å². The normalized spacial score (nSPS) is 14.1. The van der Waals surface area contributed by atoms with Gasteiger partial charge in [-0.1, -0.05) is 51.0 Å². The minimum atomic E-state index is -0.245. The number of nitrogens with zero attached hydrogens (tertiary/aromatic N) is 1. The van der Waals surface area contributed by atoms with E-state index in [1.54, 1.807) is 0 Å². The summed E-state index contributed by atoms with van der Waals surface area (Å²) >= 11 is 0. The average Bonchev–Trinajstić information content (AvgIpc) is 2.60. The van der Waals surface area contributed by atoms with Crippen LogP contribution in [0.4, 0.5) is 0 Å². The molecule has 0 aromatic heterocycles. The Labute approximate surface area is 153 Å². The fraction of sp³-hybridized carbons (Fsp3) is 0.700. The lowest BCUT2D eigenvalue weighted by atomic mass is 9.89. The lowest BCUT2D eigenvalue weighted by Gasteiger charge is -2.28. The molecule has 0 aromatic rings. The molecule has 0 radical (unpaired) electrons. The highest BCUT2D eigenvalue weighted by molar-refractivity contribution is 5.98. The molecule has 0 fully saturated rings. The third-order valence-electron chi connectivity index (χ3n) is 4.27. The quantitative estimate of drug-likeness (QED) is 0.269. The van der Waals surface area contributed by atoms with Crippen molar-refractivity contribution in [3.8, 4) is 0 Å². The third kappa shape index (κ3) is 10.2. The molecule has 0 aliphatic heterocycles. The number of hydrogen-bond acceptors (Lipinski definition) is 4. The lowest BCUT2D eigenvalue weighted by Crippen LogP contribution is -2.44. The maximum Gasteiger partial charge on any atom is 0.231 e. The van der Waals surface area contributed by atoms with Crippen LogP contribution in [0.3, 0.4) is 0 Å². The molecule has 2 unspecified atom stereocenters. The van der Waals surface area contributed by atoms with Gasteiger partial charge in [0.05, 0.1) is 6.54 Å². The molecule has 4 N–H and O–H groups in total. The van der Waals surface area contributed by atoms with Crippen LogP contribution >= 0.6 is 0 Å². The molecule has 0 saturated heterocycles. The Morgan fingerprint density at radius 1 is 1.28 bits per heavy atom. The highest BCUT2D eigenvalue weighted by atomic mass is 16.3. The minimum absolute atomic E-state index is 0.0116. The molecule has 0 saturated carbocycles. The molecule has 5 heteroatoms. The number of nitrogens with two attached hydrogens (primary N) is 1. The van der Waals surface area contributed by atoms with Gasteiger partial charge in [0.2, 0.25) is 5.91 Å². The predicted octanol–water partition coefficient (Wildman–Crippen LogP) is 3.49. The molecule has 0 rings (SSSR count). The van der Waals surface area contributed by atoms with Crippen LogP contribution in [0.25, 0.3) is 0 Å². The summed E-state index contributed by atoms with van der Waals surface area (Å²) in [5, 5.41) is 17.4. The number of rotatable bonds is 13. The van der Waals surface area contributed by atoms with Gasteiger partial charge in [0.15, 0.2) is 0 Å². The summed E-state index contributed by atoms with van der Waals surface area (Å²) in [6.07, 6.45) is 13.1. The second-order valence-electron chi connectivity index (χ2n) is 6.54. The number of aliphatic hydroxyl groups excluding tert-OH is 1. The zero-order valence-corrected chi connectivity index (χ0v) is 16.2. The molecule has 2 atom stereocenters. The van der Waals surface area contributed by atoms with Crippen LogP contribution in [0.15, 0.2) is 24.3 Å². The second-order valence-corrected chi connectivity index (χ2v) is 6.54. The van der Waals surface area contributed by atoms with Crippen LogP contribution in [0.1, 0.15) is 59.3 Å². The third-order valence-corrected chi connectivity index (χ3v) is 4.27. The molecule has 0 spiro atoms. The van der Waals surface area contributed by atoms with E-state index in [2.05, 4.69) is 26.0 Å². The lowest BCUT2D eigenvalue weighted by molar-refractivity contribution is -0.132. The van der Waals surface area contributed by atoms with Crippen LogP contribution in [-0.2, 0) is 4.79 Å². The molecule has 0 aromatic carbocycles. The van der Waals surface area contributed by atoms with Gasteiger partial charge in [0.1, 0.15) is 5.84 Å². The number of allylic oxidation sites excluding steroid dienone is 3. The van der Waals surface area contributed by atoms with Gasteiger partial charge in [-0.15, -0.1) is 0 Å². The van der Waals surface area contributed by atoms with Gasteiger partial charge in [-0.3, -0.25) is 15.1 Å². The maximum atomic E-state index is 12.9. The van der Waals surface area contributed by atoms with Gasteiger partial charge in [-0.2, -0.15) is 0 Å². The van der Waals surface area contributed by atoms with Gasteiger partial charge in [0.25, 0.3) is 0 Å². The Morgan fingerprint density at radius 3 is 2.56 bits per heavy atom. The summed E-state index contributed by atoms with van der Waals surface area (Å²) in [5.74, 6) is 0.262. The van der Waals surface area contributed by atoms with Crippen molar-refractivity contribution in [1.29, 1.82) is 5.41 Å². The van der Waals surface area contributed by atoms with Crippen molar-refractivity contribution in [3.05, 3.63) is 24.3 Å². The van der Waals surface area contributed by atoms with Crippen molar-refractivity contribution < 1.29 is 9.90 Å². The van der Waals surface area contributed by atoms with E-state index in [9.17, 15) is 9.90 Å². The molecule has 1 amide bonds. The fourth-order valence-corrected chi connectivity index (χ4v) is 2.94. The maximum absolute atomic E-state index is 12.9. The Hall–Kier alpha value is -1.46. The highest BCUT2D eigenvalue weighted by Crippen LogP contribution is 2.22. The molecular formula is C20H37N3O2. The molecule has 0 bridgehead atoms. The zero-order valence-electron chi connectivity index (χ0n) is 16.2. The van der Waals surface area contributed by atoms with E-state index in [0.717, 1.165) is 25.7 Å². The Morgan fingerprint density at radius 2 is 2.00 bits per heavy atom. The van der Waals surface area contributed by atoms with E-state index < -0.39 is 0 Å². The summed E-state index contributed by atoms with van der Waals surface area (Å²) in [6.45, 7) is 6.76. The number of amidine groups is 1.